The number of rotatable bonds is 5. The van der Waals surface area contributed by atoms with E-state index >= 15 is 0 Å². The fourth-order valence-corrected chi connectivity index (χ4v) is 2.17. The predicted octanol–water partition coefficient (Wildman–Crippen LogP) is -0.153. The molecule has 1 heterocycles. The molecular formula is C12H21N3O4. The molecule has 1 aliphatic rings. The Morgan fingerprint density at radius 2 is 2.16 bits per heavy atom. The lowest BCUT2D eigenvalue weighted by atomic mass is 9.98. The van der Waals surface area contributed by atoms with Crippen molar-refractivity contribution in [2.45, 2.75) is 26.2 Å². The smallest absolute Gasteiger partial charge is 0.318 e. The Morgan fingerprint density at radius 1 is 1.42 bits per heavy atom. The Morgan fingerprint density at radius 3 is 2.79 bits per heavy atom. The van der Waals surface area contributed by atoms with Crippen molar-refractivity contribution in [2.24, 2.45) is 11.7 Å². The number of imide groups is 1. The number of nitrogens with two attached hydrogens (primary N) is 1. The van der Waals surface area contributed by atoms with Crippen LogP contribution in [0.4, 0.5) is 4.79 Å². The minimum Gasteiger partial charge on any atom is -0.466 e. The number of urea groups is 1. The second-order valence-electron chi connectivity index (χ2n) is 4.55. The van der Waals surface area contributed by atoms with E-state index in [2.05, 4.69) is 0 Å². The van der Waals surface area contributed by atoms with E-state index < -0.39 is 11.9 Å². The molecule has 108 valence electrons. The third-order valence-corrected chi connectivity index (χ3v) is 3.04. The summed E-state index contributed by atoms with van der Waals surface area (Å²) >= 11 is 0. The predicted molar refractivity (Wildman–Crippen MR) is 68.1 cm³/mol. The molecule has 1 saturated heterocycles. The highest BCUT2D eigenvalue weighted by Gasteiger charge is 2.26. The van der Waals surface area contributed by atoms with Crippen LogP contribution in [0.1, 0.15) is 26.2 Å². The molecule has 0 unspecified atom stereocenters. The lowest BCUT2D eigenvalue weighted by molar-refractivity contribution is -0.149. The quantitative estimate of drug-likeness (QED) is 0.677. The van der Waals surface area contributed by atoms with Gasteiger partial charge < -0.3 is 15.4 Å². The molecule has 19 heavy (non-hydrogen) atoms. The summed E-state index contributed by atoms with van der Waals surface area (Å²) in [6.07, 6.45) is 1.92. The van der Waals surface area contributed by atoms with Crippen molar-refractivity contribution in [1.29, 1.82) is 0 Å². The van der Waals surface area contributed by atoms with Gasteiger partial charge in [-0.2, -0.15) is 0 Å². The van der Waals surface area contributed by atoms with E-state index in [0.717, 1.165) is 19.4 Å². The van der Waals surface area contributed by atoms with Crippen LogP contribution in [0, 0.1) is 5.92 Å². The van der Waals surface area contributed by atoms with Crippen LogP contribution in [0.25, 0.3) is 0 Å². The molecule has 0 radical (unpaired) electrons. The van der Waals surface area contributed by atoms with Gasteiger partial charge in [-0.1, -0.05) is 0 Å². The molecule has 1 fully saturated rings. The summed E-state index contributed by atoms with van der Waals surface area (Å²) in [4.78, 5) is 35.4. The van der Waals surface area contributed by atoms with Crippen LogP contribution in [0.5, 0.6) is 0 Å². The fourth-order valence-electron chi connectivity index (χ4n) is 2.17. The maximum atomic E-state index is 11.6. The van der Waals surface area contributed by atoms with Gasteiger partial charge in [0.2, 0.25) is 5.91 Å². The minimum atomic E-state index is -0.840. The van der Waals surface area contributed by atoms with Gasteiger partial charge in [-0.25, -0.2) is 4.79 Å². The number of piperidine rings is 1. The van der Waals surface area contributed by atoms with E-state index in [0.29, 0.717) is 19.7 Å². The second kappa shape index (κ2) is 7.73. The molecule has 0 aromatic heterocycles. The van der Waals surface area contributed by atoms with Crippen molar-refractivity contribution in [3.8, 4) is 0 Å². The highest BCUT2D eigenvalue weighted by molar-refractivity contribution is 5.93. The Bertz CT molecular complexity index is 346. The molecule has 1 atom stereocenters. The molecule has 1 rings (SSSR count). The average molecular weight is 271 g/mol. The molecule has 0 aromatic rings. The molecular weight excluding hydrogens is 250 g/mol. The van der Waals surface area contributed by atoms with Crippen LogP contribution in [0.15, 0.2) is 0 Å². The van der Waals surface area contributed by atoms with Crippen LogP contribution in [-0.2, 0) is 14.3 Å². The van der Waals surface area contributed by atoms with Crippen molar-refractivity contribution in [3.05, 3.63) is 0 Å². The Hall–Kier alpha value is -1.63. The lowest BCUT2D eigenvalue weighted by Crippen LogP contribution is -2.42. The number of carbonyl (C=O) groups is 3. The monoisotopic (exact) mass is 271 g/mol. The van der Waals surface area contributed by atoms with Crippen LogP contribution in [-0.4, -0.2) is 49.0 Å². The van der Waals surface area contributed by atoms with Crippen molar-refractivity contribution in [2.75, 3.05) is 26.2 Å². The van der Waals surface area contributed by atoms with Crippen molar-refractivity contribution < 1.29 is 19.1 Å². The summed E-state index contributed by atoms with van der Waals surface area (Å²) in [6.45, 7) is 4.13. The van der Waals surface area contributed by atoms with Gasteiger partial charge in [-0.05, 0) is 26.3 Å². The van der Waals surface area contributed by atoms with Crippen molar-refractivity contribution >= 4 is 17.9 Å². The van der Waals surface area contributed by atoms with Crippen LogP contribution in [0.3, 0.4) is 0 Å². The SMILES string of the molecule is CCOC(=O)[C@H]1CCCN(CCC(=O)NC(N)=O)C1. The fraction of sp³-hybridized carbons (Fsp3) is 0.750. The third kappa shape index (κ3) is 5.69. The first-order chi connectivity index (χ1) is 9.02. The van der Waals surface area contributed by atoms with Crippen molar-refractivity contribution in [1.82, 2.24) is 10.2 Å². The van der Waals surface area contributed by atoms with Crippen LogP contribution < -0.4 is 11.1 Å². The number of nitrogens with one attached hydrogen (secondary N) is 1. The number of nitrogens with zero attached hydrogens (tertiary/aromatic N) is 1. The van der Waals surface area contributed by atoms with E-state index in [1.165, 1.54) is 0 Å². The van der Waals surface area contributed by atoms with Gasteiger partial charge in [0.1, 0.15) is 0 Å². The van der Waals surface area contributed by atoms with Gasteiger partial charge >= 0.3 is 12.0 Å². The second-order valence-corrected chi connectivity index (χ2v) is 4.55. The normalized spacial score (nSPS) is 19.7. The first-order valence-corrected chi connectivity index (χ1v) is 6.51. The standard InChI is InChI=1S/C12H21N3O4/c1-2-19-11(17)9-4-3-6-15(8-9)7-5-10(16)14-12(13)18/h9H,2-8H2,1H3,(H3,13,14,16,18)/t9-/m0/s1. The molecule has 0 spiro atoms. The van der Waals surface area contributed by atoms with Gasteiger partial charge in [0.15, 0.2) is 0 Å². The lowest BCUT2D eigenvalue weighted by Gasteiger charge is -2.31. The largest absolute Gasteiger partial charge is 0.466 e. The first-order valence-electron chi connectivity index (χ1n) is 6.51. The van der Waals surface area contributed by atoms with Gasteiger partial charge in [-0.15, -0.1) is 0 Å². The van der Waals surface area contributed by atoms with Gasteiger partial charge in [0.25, 0.3) is 0 Å². The Balaban J connectivity index is 2.32. The van der Waals surface area contributed by atoms with Crippen molar-refractivity contribution in [3.63, 3.8) is 0 Å². The highest BCUT2D eigenvalue weighted by atomic mass is 16.5. The summed E-state index contributed by atoms with van der Waals surface area (Å²) in [7, 11) is 0. The maximum Gasteiger partial charge on any atom is 0.318 e. The zero-order valence-corrected chi connectivity index (χ0v) is 11.2. The number of ether oxygens (including phenoxy) is 1. The summed E-state index contributed by atoms with van der Waals surface area (Å²) in [5.41, 5.74) is 4.85. The Kier molecular flexibility index (Phi) is 6.27. The molecule has 7 nitrogen and oxygen atoms in total. The third-order valence-electron chi connectivity index (χ3n) is 3.04. The Labute approximate surface area is 112 Å². The van der Waals surface area contributed by atoms with Crippen LogP contribution >= 0.6 is 0 Å². The van der Waals surface area contributed by atoms with E-state index in [4.69, 9.17) is 10.5 Å². The molecule has 0 aromatic carbocycles. The summed E-state index contributed by atoms with van der Waals surface area (Å²) in [6, 6.07) is -0.840. The molecule has 0 bridgehead atoms. The summed E-state index contributed by atoms with van der Waals surface area (Å²) < 4.78 is 5.00. The van der Waals surface area contributed by atoms with E-state index in [1.807, 2.05) is 10.2 Å². The van der Waals surface area contributed by atoms with Crippen LogP contribution in [0.2, 0.25) is 0 Å². The summed E-state index contributed by atoms with van der Waals surface area (Å²) in [5, 5.41) is 2.02. The minimum absolute atomic E-state index is 0.118. The molecule has 0 saturated carbocycles. The topological polar surface area (TPSA) is 102 Å². The van der Waals surface area contributed by atoms with E-state index in [1.54, 1.807) is 6.92 Å². The van der Waals surface area contributed by atoms with E-state index in [-0.39, 0.29) is 18.3 Å². The number of amides is 3. The first kappa shape index (κ1) is 15.4. The van der Waals surface area contributed by atoms with Gasteiger partial charge in [-0.3, -0.25) is 14.9 Å². The molecule has 1 aliphatic heterocycles. The van der Waals surface area contributed by atoms with Gasteiger partial charge in [0, 0.05) is 19.5 Å². The number of primary amides is 1. The molecule has 3 amide bonds. The number of carbonyl (C=O) groups excluding carboxylic acids is 3. The van der Waals surface area contributed by atoms with E-state index in [9.17, 15) is 14.4 Å². The zero-order valence-electron chi connectivity index (χ0n) is 11.2. The summed E-state index contributed by atoms with van der Waals surface area (Å²) in [5.74, 6) is -0.688. The number of hydrogen-bond donors (Lipinski definition) is 2. The molecule has 3 N–H and O–H groups in total. The number of likely N-dealkylation sites (tertiary alicyclic amines) is 1. The van der Waals surface area contributed by atoms with Gasteiger partial charge in [0.05, 0.1) is 12.5 Å². The molecule has 0 aliphatic carbocycles. The average Bonchev–Trinajstić information content (AvgIpc) is 2.36. The highest BCUT2D eigenvalue weighted by Crippen LogP contribution is 2.17. The maximum absolute atomic E-state index is 11.6. The number of hydrogen-bond acceptors (Lipinski definition) is 5. The number of esters is 1. The molecule has 7 heteroatoms. The zero-order chi connectivity index (χ0) is 14.3.